The molecular weight excluding hydrogens is 386 g/mol. The lowest BCUT2D eigenvalue weighted by molar-refractivity contribution is -0.130. The Bertz CT molecular complexity index is 1000. The molecule has 3 heterocycles. The first-order chi connectivity index (χ1) is 14.2. The fourth-order valence-electron chi connectivity index (χ4n) is 4.32. The van der Waals surface area contributed by atoms with Gasteiger partial charge in [0.25, 0.3) is 0 Å². The van der Waals surface area contributed by atoms with Crippen molar-refractivity contribution in [2.75, 3.05) is 18.5 Å². The number of aromatic nitrogens is 2. The number of fused-ring (bicyclic) bond motifs is 1. The predicted molar refractivity (Wildman–Crippen MR) is 116 cm³/mol. The molecule has 2 aliphatic heterocycles. The minimum absolute atomic E-state index is 0.107. The third-order valence-electron chi connectivity index (χ3n) is 5.85. The van der Waals surface area contributed by atoms with Crippen LogP contribution in [0.1, 0.15) is 48.9 Å². The fourth-order valence-corrected chi connectivity index (χ4v) is 4.66. The van der Waals surface area contributed by atoms with Gasteiger partial charge in [-0.15, -0.1) is 0 Å². The summed E-state index contributed by atoms with van der Waals surface area (Å²) in [6, 6.07) is 10.0. The van der Waals surface area contributed by atoms with Crippen LogP contribution in [0.2, 0.25) is 0 Å². The number of amides is 1. The van der Waals surface area contributed by atoms with Crippen molar-refractivity contribution >= 4 is 39.6 Å². The van der Waals surface area contributed by atoms with Gasteiger partial charge in [0.15, 0.2) is 5.82 Å². The summed E-state index contributed by atoms with van der Waals surface area (Å²) >= 11 is 6.91. The van der Waals surface area contributed by atoms with E-state index in [0.717, 1.165) is 73.5 Å². The van der Waals surface area contributed by atoms with Crippen molar-refractivity contribution in [3.8, 4) is 0 Å². The predicted octanol–water partition coefficient (Wildman–Crippen LogP) is 4.07. The number of rotatable bonds is 4. The zero-order valence-electron chi connectivity index (χ0n) is 16.2. The largest absolute Gasteiger partial charge is 0.341 e. The molecule has 1 amide bonds. The molecule has 0 bridgehead atoms. The van der Waals surface area contributed by atoms with Crippen molar-refractivity contribution in [3.63, 3.8) is 0 Å². The number of hydrogen-bond acceptors (Lipinski definition) is 4. The van der Waals surface area contributed by atoms with E-state index >= 15 is 0 Å². The number of likely N-dealkylation sites (tertiary alicyclic amines) is 1. The number of nitrogens with zero attached hydrogens (tertiary/aromatic N) is 3. The van der Waals surface area contributed by atoms with E-state index in [2.05, 4.69) is 16.9 Å². The Morgan fingerprint density at radius 2 is 1.90 bits per heavy atom. The van der Waals surface area contributed by atoms with E-state index in [4.69, 9.17) is 16.7 Å². The van der Waals surface area contributed by atoms with E-state index in [1.54, 1.807) is 4.68 Å². The third-order valence-corrected chi connectivity index (χ3v) is 6.23. The van der Waals surface area contributed by atoms with Gasteiger partial charge < -0.3 is 4.90 Å². The van der Waals surface area contributed by atoms with Gasteiger partial charge in [0.1, 0.15) is 6.54 Å². The zero-order chi connectivity index (χ0) is 19.8. The van der Waals surface area contributed by atoms with Crippen LogP contribution in [0.25, 0.3) is 16.3 Å². The van der Waals surface area contributed by atoms with Crippen LogP contribution < -0.4 is 10.9 Å². The van der Waals surface area contributed by atoms with Crippen LogP contribution in [0.3, 0.4) is 0 Å². The first-order valence-electron chi connectivity index (χ1n) is 10.3. The number of hydrogen-bond donors (Lipinski definition) is 2. The monoisotopic (exact) mass is 409 g/mol. The number of nitrogens with one attached hydrogen (secondary N) is 2. The Kier molecular flexibility index (Phi) is 4.79. The molecule has 0 saturated carbocycles. The molecule has 7 heteroatoms. The fraction of sp³-hybridized carbons (Fsp3) is 0.364. The molecule has 2 aromatic rings. The average molecular weight is 410 g/mol. The van der Waals surface area contributed by atoms with E-state index in [0.29, 0.717) is 5.03 Å². The van der Waals surface area contributed by atoms with Crippen LogP contribution in [0.5, 0.6) is 0 Å². The quantitative estimate of drug-likeness (QED) is 0.799. The summed E-state index contributed by atoms with van der Waals surface area (Å²) in [5.41, 5.74) is 11.3. The van der Waals surface area contributed by atoms with Crippen LogP contribution in [0.4, 0.5) is 5.82 Å². The molecule has 3 aliphatic rings. The van der Waals surface area contributed by atoms with Crippen molar-refractivity contribution in [1.82, 2.24) is 20.1 Å². The lowest BCUT2D eigenvalue weighted by Gasteiger charge is -2.23. The van der Waals surface area contributed by atoms with Gasteiger partial charge in [0, 0.05) is 18.7 Å². The second-order valence-corrected chi connectivity index (χ2v) is 8.12. The summed E-state index contributed by atoms with van der Waals surface area (Å²) in [5, 5.41) is 5.48. The number of hydrazine groups is 1. The van der Waals surface area contributed by atoms with Crippen molar-refractivity contribution in [1.29, 1.82) is 0 Å². The van der Waals surface area contributed by atoms with E-state index in [9.17, 15) is 4.79 Å². The number of allylic oxidation sites excluding steroid dienone is 2. The van der Waals surface area contributed by atoms with Gasteiger partial charge in [-0.1, -0.05) is 48.0 Å². The van der Waals surface area contributed by atoms with Crippen LogP contribution in [-0.2, 0) is 11.3 Å². The van der Waals surface area contributed by atoms with Gasteiger partial charge in [-0.2, -0.15) is 5.10 Å². The molecule has 1 saturated heterocycles. The van der Waals surface area contributed by atoms with Gasteiger partial charge in [0.2, 0.25) is 5.91 Å². The van der Waals surface area contributed by atoms with E-state index < -0.39 is 0 Å². The summed E-state index contributed by atoms with van der Waals surface area (Å²) in [4.78, 5) is 14.7. The maximum atomic E-state index is 12.8. The molecule has 6 nitrogen and oxygen atoms in total. The molecule has 1 fully saturated rings. The molecule has 5 rings (SSSR count). The molecule has 1 aromatic heterocycles. The second kappa shape index (κ2) is 7.59. The molecule has 0 spiro atoms. The summed E-state index contributed by atoms with van der Waals surface area (Å²) in [6.07, 6.45) is 7.57. The van der Waals surface area contributed by atoms with Crippen molar-refractivity contribution in [2.45, 2.75) is 38.6 Å². The Balaban J connectivity index is 1.57. The van der Waals surface area contributed by atoms with E-state index in [1.165, 1.54) is 5.57 Å². The molecule has 0 atom stereocenters. The molecule has 0 radical (unpaired) electrons. The number of benzene rings is 1. The zero-order valence-corrected chi connectivity index (χ0v) is 17.0. The standard InChI is InChI=1S/C22H24ClN5O/c23-19-18-20(15-10-4-5-11-15)26-28(14-17(29)27-12-6-7-13-27)22(18)25-24-21(19)16-8-2-1-3-9-16/h1-3,8-10,24-25H,4-7,11-14H2. The third kappa shape index (κ3) is 3.31. The van der Waals surface area contributed by atoms with Crippen LogP contribution in [-0.4, -0.2) is 33.7 Å². The highest BCUT2D eigenvalue weighted by atomic mass is 35.5. The maximum absolute atomic E-state index is 12.8. The SMILES string of the molecule is O=C(Cn1nc(C2=CCCC2)c2c1NNC(c1ccccc1)=C2Cl)N1CCCC1. The summed E-state index contributed by atoms with van der Waals surface area (Å²) in [6.45, 7) is 1.89. The topological polar surface area (TPSA) is 62.2 Å². The lowest BCUT2D eigenvalue weighted by atomic mass is 10.0. The molecule has 150 valence electrons. The minimum atomic E-state index is 0.107. The van der Waals surface area contributed by atoms with Gasteiger partial charge in [-0.05, 0) is 37.7 Å². The van der Waals surface area contributed by atoms with Gasteiger partial charge >= 0.3 is 0 Å². The lowest BCUT2D eigenvalue weighted by Crippen LogP contribution is -2.33. The molecule has 29 heavy (non-hydrogen) atoms. The molecule has 1 aromatic carbocycles. The normalized spacial score (nSPS) is 18.4. The van der Waals surface area contributed by atoms with Crippen LogP contribution >= 0.6 is 11.6 Å². The van der Waals surface area contributed by atoms with Gasteiger partial charge in [0.05, 0.1) is 22.0 Å². The van der Waals surface area contributed by atoms with Gasteiger partial charge in [-0.3, -0.25) is 15.6 Å². The maximum Gasteiger partial charge on any atom is 0.244 e. The Morgan fingerprint density at radius 3 is 2.62 bits per heavy atom. The molecule has 0 unspecified atom stereocenters. The number of halogens is 1. The molecular formula is C22H24ClN5O. The van der Waals surface area contributed by atoms with Crippen molar-refractivity contribution in [2.24, 2.45) is 0 Å². The summed E-state index contributed by atoms with van der Waals surface area (Å²) < 4.78 is 1.77. The first-order valence-corrected chi connectivity index (χ1v) is 10.7. The van der Waals surface area contributed by atoms with E-state index in [1.807, 2.05) is 35.2 Å². The highest BCUT2D eigenvalue weighted by Crippen LogP contribution is 2.42. The average Bonchev–Trinajstić information content (AvgIpc) is 3.50. The summed E-state index contributed by atoms with van der Waals surface area (Å²) in [7, 11) is 0. The van der Waals surface area contributed by atoms with Crippen molar-refractivity contribution in [3.05, 3.63) is 53.2 Å². The number of anilines is 1. The Hall–Kier alpha value is -2.73. The summed E-state index contributed by atoms with van der Waals surface area (Å²) in [5.74, 6) is 0.862. The van der Waals surface area contributed by atoms with Crippen LogP contribution in [0.15, 0.2) is 36.4 Å². The highest BCUT2D eigenvalue weighted by Gasteiger charge is 2.30. The number of carbonyl (C=O) groups excluding carboxylic acids is 1. The van der Waals surface area contributed by atoms with Crippen LogP contribution in [0, 0.1) is 0 Å². The molecule has 1 aliphatic carbocycles. The van der Waals surface area contributed by atoms with Gasteiger partial charge in [-0.25, -0.2) is 4.68 Å². The van der Waals surface area contributed by atoms with E-state index in [-0.39, 0.29) is 12.5 Å². The number of carbonyl (C=O) groups is 1. The first kappa shape index (κ1) is 18.3. The Morgan fingerprint density at radius 1 is 1.10 bits per heavy atom. The molecule has 2 N–H and O–H groups in total. The second-order valence-electron chi connectivity index (χ2n) is 7.74. The van der Waals surface area contributed by atoms with Crippen molar-refractivity contribution < 1.29 is 4.79 Å². The Labute approximate surface area is 175 Å². The smallest absolute Gasteiger partial charge is 0.244 e. The minimum Gasteiger partial charge on any atom is -0.341 e. The highest BCUT2D eigenvalue weighted by molar-refractivity contribution is 6.53.